The number of carbonyl (C=O) groups excluding carboxylic acids is 1. The van der Waals surface area contributed by atoms with Crippen LogP contribution in [0.5, 0.6) is 0 Å². The van der Waals surface area contributed by atoms with Gasteiger partial charge in [0.05, 0.1) is 11.8 Å². The van der Waals surface area contributed by atoms with E-state index >= 15 is 0 Å². The molecule has 1 aliphatic rings. The lowest BCUT2D eigenvalue weighted by Gasteiger charge is -2.20. The fraction of sp³-hybridized carbons (Fsp3) is 0.471. The molecule has 6 heteroatoms. The number of rotatable bonds is 5. The molecule has 23 heavy (non-hydrogen) atoms. The molecule has 0 saturated carbocycles. The first kappa shape index (κ1) is 16.5. The Bertz CT molecular complexity index is 699. The van der Waals surface area contributed by atoms with Gasteiger partial charge in [0.25, 0.3) is 0 Å². The molecule has 4 nitrogen and oxygen atoms in total. The largest absolute Gasteiger partial charge is 0.349 e. The number of nitrogens with one attached hydrogen (secondary N) is 1. The average Bonchev–Trinajstić information content (AvgIpc) is 2.98. The van der Waals surface area contributed by atoms with E-state index in [0.717, 1.165) is 15.8 Å². The van der Waals surface area contributed by atoms with Gasteiger partial charge >= 0.3 is 0 Å². The lowest BCUT2D eigenvalue weighted by Crippen LogP contribution is -2.28. The molecule has 1 amide bonds. The van der Waals surface area contributed by atoms with Gasteiger partial charge < -0.3 is 5.32 Å². The van der Waals surface area contributed by atoms with Crippen LogP contribution in [0.3, 0.4) is 0 Å². The number of aryl methyl sites for hydroxylation is 3. The number of hydrogen-bond acceptors (Lipinski definition) is 5. The van der Waals surface area contributed by atoms with Crippen LogP contribution in [-0.4, -0.2) is 21.9 Å². The second kappa shape index (κ2) is 7.45. The molecule has 1 aliphatic carbocycles. The number of amides is 1. The van der Waals surface area contributed by atoms with Gasteiger partial charge in [0.2, 0.25) is 5.91 Å². The third kappa shape index (κ3) is 4.32. The number of nitrogens with zero attached hydrogens (tertiary/aromatic N) is 2. The Balaban J connectivity index is 1.55. The minimum absolute atomic E-state index is 0.0338. The highest BCUT2D eigenvalue weighted by atomic mass is 32.2. The minimum atomic E-state index is 0.0338. The van der Waals surface area contributed by atoms with Crippen molar-refractivity contribution in [1.29, 1.82) is 0 Å². The fourth-order valence-corrected chi connectivity index (χ4v) is 4.48. The first-order valence-electron chi connectivity index (χ1n) is 7.96. The summed E-state index contributed by atoms with van der Waals surface area (Å²) in [5, 5.41) is 12.0. The molecule has 0 unspecified atom stereocenters. The predicted molar refractivity (Wildman–Crippen MR) is 95.0 cm³/mol. The Morgan fingerprint density at radius 2 is 2.09 bits per heavy atom. The van der Waals surface area contributed by atoms with Crippen molar-refractivity contribution in [3.8, 4) is 0 Å². The molecule has 3 rings (SSSR count). The number of fused-ring (bicyclic) bond motifs is 1. The molecule has 0 fully saturated rings. The molecule has 2 aromatic rings. The summed E-state index contributed by atoms with van der Waals surface area (Å²) < 4.78 is 0.846. The van der Waals surface area contributed by atoms with E-state index in [0.29, 0.717) is 5.75 Å². The Hall–Kier alpha value is -1.40. The molecular weight excluding hydrogens is 326 g/mol. The van der Waals surface area contributed by atoms with E-state index in [1.165, 1.54) is 59.1 Å². The van der Waals surface area contributed by atoms with Gasteiger partial charge in [0.15, 0.2) is 4.34 Å². The van der Waals surface area contributed by atoms with Gasteiger partial charge in [-0.15, -0.1) is 10.2 Å². The van der Waals surface area contributed by atoms with Crippen molar-refractivity contribution in [2.75, 3.05) is 5.75 Å². The number of carbonyl (C=O) groups is 1. The Labute approximate surface area is 145 Å². The maximum atomic E-state index is 12.1. The molecule has 1 heterocycles. The monoisotopic (exact) mass is 347 g/mol. The zero-order valence-electron chi connectivity index (χ0n) is 13.5. The number of thioether (sulfide) groups is 1. The van der Waals surface area contributed by atoms with Crippen LogP contribution in [0.1, 0.15) is 47.5 Å². The van der Waals surface area contributed by atoms with Gasteiger partial charge in [-0.1, -0.05) is 41.3 Å². The molecule has 0 bridgehead atoms. The summed E-state index contributed by atoms with van der Waals surface area (Å²) in [6.07, 6.45) is 4.92. The quantitative estimate of drug-likeness (QED) is 0.838. The Morgan fingerprint density at radius 3 is 2.83 bits per heavy atom. The number of hydrogen-bond donors (Lipinski definition) is 1. The van der Waals surface area contributed by atoms with Gasteiger partial charge in [-0.3, -0.25) is 4.79 Å². The maximum Gasteiger partial charge on any atom is 0.230 e. The van der Waals surface area contributed by atoms with Crippen LogP contribution in [0.25, 0.3) is 0 Å². The molecular formula is C17H21N3OS2. The van der Waals surface area contributed by atoms with Crippen LogP contribution in [0, 0.1) is 6.92 Å². The van der Waals surface area contributed by atoms with Gasteiger partial charge in [-0.2, -0.15) is 0 Å². The molecule has 1 aromatic carbocycles. The highest BCUT2D eigenvalue weighted by Crippen LogP contribution is 2.25. The van der Waals surface area contributed by atoms with Gasteiger partial charge in [0.1, 0.15) is 5.01 Å². The predicted octanol–water partition coefficient (Wildman–Crippen LogP) is 3.69. The fourth-order valence-electron chi connectivity index (χ4n) is 2.85. The molecule has 1 atom stereocenters. The van der Waals surface area contributed by atoms with E-state index in [1.807, 2.05) is 13.8 Å². The van der Waals surface area contributed by atoms with Crippen LogP contribution in [0.2, 0.25) is 0 Å². The molecule has 0 aliphatic heterocycles. The third-order valence-electron chi connectivity index (χ3n) is 4.08. The van der Waals surface area contributed by atoms with Crippen LogP contribution >= 0.6 is 23.1 Å². The molecule has 0 radical (unpaired) electrons. The summed E-state index contributed by atoms with van der Waals surface area (Å²) in [5.74, 6) is 0.414. The van der Waals surface area contributed by atoms with Crippen molar-refractivity contribution in [1.82, 2.24) is 15.5 Å². The van der Waals surface area contributed by atoms with Crippen molar-refractivity contribution in [3.05, 3.63) is 39.9 Å². The summed E-state index contributed by atoms with van der Waals surface area (Å²) >= 11 is 2.96. The molecule has 122 valence electrons. The van der Waals surface area contributed by atoms with Crippen LogP contribution in [0.4, 0.5) is 0 Å². The molecule has 1 N–H and O–H groups in total. The van der Waals surface area contributed by atoms with Crippen LogP contribution < -0.4 is 5.32 Å². The van der Waals surface area contributed by atoms with E-state index < -0.39 is 0 Å². The number of benzene rings is 1. The first-order chi connectivity index (χ1) is 11.1. The van der Waals surface area contributed by atoms with E-state index in [2.05, 4.69) is 33.7 Å². The van der Waals surface area contributed by atoms with Crippen molar-refractivity contribution in [2.45, 2.75) is 49.9 Å². The summed E-state index contributed by atoms with van der Waals surface area (Å²) in [4.78, 5) is 12.1. The smallest absolute Gasteiger partial charge is 0.230 e. The van der Waals surface area contributed by atoms with Crippen molar-refractivity contribution >= 4 is 29.0 Å². The van der Waals surface area contributed by atoms with E-state index in [-0.39, 0.29) is 11.9 Å². The summed E-state index contributed by atoms with van der Waals surface area (Å²) in [7, 11) is 0. The van der Waals surface area contributed by atoms with Crippen LogP contribution in [-0.2, 0) is 17.6 Å². The number of aromatic nitrogens is 2. The maximum absolute atomic E-state index is 12.1. The lowest BCUT2D eigenvalue weighted by atomic mass is 9.89. The Morgan fingerprint density at radius 1 is 1.30 bits per heavy atom. The minimum Gasteiger partial charge on any atom is -0.349 e. The topological polar surface area (TPSA) is 54.9 Å². The second-order valence-corrected chi connectivity index (χ2v) is 8.30. The van der Waals surface area contributed by atoms with Crippen molar-refractivity contribution < 1.29 is 4.79 Å². The molecule has 0 saturated heterocycles. The highest BCUT2D eigenvalue weighted by molar-refractivity contribution is 8.01. The normalized spacial score (nSPS) is 15.0. The first-order valence-corrected chi connectivity index (χ1v) is 9.76. The average molecular weight is 348 g/mol. The molecule has 1 aromatic heterocycles. The van der Waals surface area contributed by atoms with Gasteiger partial charge in [-0.05, 0) is 56.2 Å². The zero-order chi connectivity index (χ0) is 16.2. The second-order valence-electron chi connectivity index (χ2n) is 5.90. The summed E-state index contributed by atoms with van der Waals surface area (Å²) in [6.45, 7) is 3.96. The van der Waals surface area contributed by atoms with Crippen molar-refractivity contribution in [3.63, 3.8) is 0 Å². The van der Waals surface area contributed by atoms with E-state index in [1.54, 1.807) is 0 Å². The van der Waals surface area contributed by atoms with Gasteiger partial charge in [0, 0.05) is 0 Å². The molecule has 0 spiro atoms. The standard InChI is InChI=1S/C17H21N3OS2/c1-11(14-8-7-13-5-3-4-6-15(13)9-14)18-16(21)10-22-17-20-19-12(2)23-17/h7-9,11H,3-6,10H2,1-2H3,(H,18,21)/t11-/m0/s1. The van der Waals surface area contributed by atoms with Crippen molar-refractivity contribution in [2.24, 2.45) is 0 Å². The highest BCUT2D eigenvalue weighted by Gasteiger charge is 2.14. The summed E-state index contributed by atoms with van der Waals surface area (Å²) in [6, 6.07) is 6.67. The Kier molecular flexibility index (Phi) is 5.33. The zero-order valence-corrected chi connectivity index (χ0v) is 15.1. The SMILES string of the molecule is Cc1nnc(SCC(=O)N[C@@H](C)c2ccc3c(c2)CCCC3)s1. The van der Waals surface area contributed by atoms with E-state index in [9.17, 15) is 4.79 Å². The third-order valence-corrected chi connectivity index (χ3v) is 6.06. The summed E-state index contributed by atoms with van der Waals surface area (Å²) in [5.41, 5.74) is 4.12. The van der Waals surface area contributed by atoms with Gasteiger partial charge in [-0.25, -0.2) is 0 Å². The lowest BCUT2D eigenvalue weighted by molar-refractivity contribution is -0.119. The van der Waals surface area contributed by atoms with E-state index in [4.69, 9.17) is 0 Å². The van der Waals surface area contributed by atoms with Crippen LogP contribution in [0.15, 0.2) is 22.5 Å².